The first-order valence-corrected chi connectivity index (χ1v) is 12.9. The smallest absolute Gasteiger partial charge is 0.460 e. The number of ether oxygens (including phenoxy) is 3. The summed E-state index contributed by atoms with van der Waals surface area (Å²) in [7, 11) is 0. The number of benzene rings is 1. The van der Waals surface area contributed by atoms with E-state index in [-0.39, 0.29) is 30.4 Å². The van der Waals surface area contributed by atoms with Crippen LogP contribution in [-0.4, -0.2) is 73.5 Å². The van der Waals surface area contributed by atoms with Gasteiger partial charge in [-0.15, -0.1) is 0 Å². The fourth-order valence-electron chi connectivity index (χ4n) is 3.17. The summed E-state index contributed by atoms with van der Waals surface area (Å²) in [5.41, 5.74) is 0.378. The van der Waals surface area contributed by atoms with Gasteiger partial charge >= 0.3 is 53.7 Å². The van der Waals surface area contributed by atoms with Crippen LogP contribution in [0.2, 0.25) is 0 Å². The largest absolute Gasteiger partial charge is 0.494 e. The normalized spacial score (nSPS) is 13.9. The SMILES string of the molecule is C=C(C)C(=O)OCCCCCCOc1ccc(/C=C\C(=O)OCC(F)(F)C(F)(F)C(F)(F)C(F)(F)C(F)(F)C(F)(F)C(F)(F)F)cc1. The van der Waals surface area contributed by atoms with E-state index in [2.05, 4.69) is 11.3 Å². The molecule has 0 aliphatic rings. The molecule has 5 nitrogen and oxygen atoms in total. The molecule has 0 unspecified atom stereocenters. The van der Waals surface area contributed by atoms with E-state index >= 15 is 0 Å². The summed E-state index contributed by atoms with van der Waals surface area (Å²) in [5, 5.41) is 0. The van der Waals surface area contributed by atoms with Crippen molar-refractivity contribution in [2.24, 2.45) is 0 Å². The molecule has 0 aromatic heterocycles. The summed E-state index contributed by atoms with van der Waals surface area (Å²) in [4.78, 5) is 22.8. The predicted octanol–water partition coefficient (Wildman–Crippen LogP) is 8.68. The van der Waals surface area contributed by atoms with Gasteiger partial charge < -0.3 is 14.2 Å². The van der Waals surface area contributed by atoms with Gasteiger partial charge in [0, 0.05) is 11.6 Å². The third kappa shape index (κ3) is 9.27. The molecular weight excluding hydrogens is 689 g/mol. The highest BCUT2D eigenvalue weighted by Gasteiger charge is 2.93. The Labute approximate surface area is 256 Å². The highest BCUT2D eigenvalue weighted by molar-refractivity contribution is 5.87. The quantitative estimate of drug-likeness (QED) is 0.0660. The minimum absolute atomic E-state index is 0.106. The van der Waals surface area contributed by atoms with E-state index in [0.717, 1.165) is 18.9 Å². The Morgan fingerprint density at radius 1 is 0.660 bits per heavy atom. The fourth-order valence-corrected chi connectivity index (χ4v) is 3.17. The van der Waals surface area contributed by atoms with E-state index in [1.54, 1.807) is 0 Å². The van der Waals surface area contributed by atoms with E-state index in [4.69, 9.17) is 9.47 Å². The summed E-state index contributed by atoms with van der Waals surface area (Å²) >= 11 is 0. The summed E-state index contributed by atoms with van der Waals surface area (Å²) in [6.07, 6.45) is -3.99. The molecule has 0 heterocycles. The second-order valence-corrected chi connectivity index (χ2v) is 9.76. The lowest BCUT2D eigenvalue weighted by atomic mass is 9.91. The van der Waals surface area contributed by atoms with Crippen molar-refractivity contribution in [3.8, 4) is 5.75 Å². The van der Waals surface area contributed by atoms with E-state index in [1.807, 2.05) is 0 Å². The Balaban J connectivity index is 2.74. The Morgan fingerprint density at radius 2 is 1.13 bits per heavy atom. The number of esters is 2. The van der Waals surface area contributed by atoms with Crippen LogP contribution in [0.25, 0.3) is 6.08 Å². The predicted molar refractivity (Wildman–Crippen MR) is 132 cm³/mol. The van der Waals surface area contributed by atoms with Crippen LogP contribution in [0.3, 0.4) is 0 Å². The molecule has 1 aromatic rings. The van der Waals surface area contributed by atoms with E-state index < -0.39 is 60.3 Å². The topological polar surface area (TPSA) is 61.8 Å². The molecule has 1 rings (SSSR count). The van der Waals surface area contributed by atoms with Crippen LogP contribution in [0.5, 0.6) is 5.75 Å². The highest BCUT2D eigenvalue weighted by atomic mass is 19.4. The van der Waals surface area contributed by atoms with E-state index in [9.17, 15) is 75.4 Å². The molecule has 0 saturated heterocycles. The van der Waals surface area contributed by atoms with Gasteiger partial charge in [-0.1, -0.05) is 18.7 Å². The summed E-state index contributed by atoms with van der Waals surface area (Å²) in [6.45, 7) is 2.21. The van der Waals surface area contributed by atoms with Crippen molar-refractivity contribution in [1.82, 2.24) is 0 Å². The van der Waals surface area contributed by atoms with Crippen molar-refractivity contribution in [3.63, 3.8) is 0 Å². The zero-order valence-electron chi connectivity index (χ0n) is 23.8. The van der Waals surface area contributed by atoms with Gasteiger partial charge in [0.1, 0.15) is 5.75 Å². The standard InChI is InChI=1S/C27H25F15O5/c1-16(2)20(44)46-14-6-4-3-5-13-45-18-10-7-17(8-11-18)9-12-19(43)47-15-21(28,29)22(30,31)23(32,33)24(34,35)25(36,37)26(38,39)27(40,41)42/h7-12H,1,3-6,13-15H2,2H3/b12-9-. The average Bonchev–Trinajstić information content (AvgIpc) is 2.95. The first-order chi connectivity index (χ1) is 21.2. The highest BCUT2D eigenvalue weighted by Crippen LogP contribution is 2.62. The minimum atomic E-state index is -8.42. The third-order valence-electron chi connectivity index (χ3n) is 5.97. The average molecular weight is 714 g/mol. The van der Waals surface area contributed by atoms with Crippen LogP contribution in [0.1, 0.15) is 38.2 Å². The van der Waals surface area contributed by atoms with Crippen molar-refractivity contribution >= 4 is 18.0 Å². The Morgan fingerprint density at radius 3 is 1.62 bits per heavy atom. The minimum Gasteiger partial charge on any atom is -0.494 e. The number of alkyl halides is 15. The lowest BCUT2D eigenvalue weighted by molar-refractivity contribution is -0.453. The van der Waals surface area contributed by atoms with Gasteiger partial charge in [0.05, 0.1) is 13.2 Å². The molecule has 0 N–H and O–H groups in total. The molecule has 0 bridgehead atoms. The lowest BCUT2D eigenvalue weighted by Crippen LogP contribution is -2.73. The van der Waals surface area contributed by atoms with Crippen LogP contribution in [0.4, 0.5) is 65.9 Å². The third-order valence-corrected chi connectivity index (χ3v) is 5.97. The van der Waals surface area contributed by atoms with Gasteiger partial charge in [-0.25, -0.2) is 9.59 Å². The van der Waals surface area contributed by atoms with Crippen molar-refractivity contribution in [3.05, 3.63) is 48.1 Å². The molecule has 0 atom stereocenters. The zero-order valence-corrected chi connectivity index (χ0v) is 23.8. The van der Waals surface area contributed by atoms with Crippen LogP contribution in [0, 0.1) is 0 Å². The molecule has 268 valence electrons. The van der Waals surface area contributed by atoms with Gasteiger partial charge in [0.2, 0.25) is 0 Å². The summed E-state index contributed by atoms with van der Waals surface area (Å²) in [5.74, 6) is -49.8. The molecule has 47 heavy (non-hydrogen) atoms. The molecule has 0 aliphatic heterocycles. The number of rotatable bonds is 18. The Hall–Kier alpha value is -3.61. The number of carbonyl (C=O) groups excluding carboxylic acids is 2. The van der Waals surface area contributed by atoms with Gasteiger partial charge in [0.25, 0.3) is 0 Å². The summed E-state index contributed by atoms with van der Waals surface area (Å²) < 4.78 is 212. The van der Waals surface area contributed by atoms with Crippen molar-refractivity contribution < 1.29 is 89.7 Å². The summed E-state index contributed by atoms with van der Waals surface area (Å²) in [6, 6.07) is 5.27. The van der Waals surface area contributed by atoms with E-state index in [0.29, 0.717) is 18.6 Å². The number of hydrogen-bond donors (Lipinski definition) is 0. The Bertz CT molecular complexity index is 1260. The molecule has 0 amide bonds. The maximum absolute atomic E-state index is 13.8. The molecule has 0 saturated carbocycles. The van der Waals surface area contributed by atoms with Crippen molar-refractivity contribution in [2.45, 2.75) is 74.3 Å². The molecule has 0 fully saturated rings. The van der Waals surface area contributed by atoms with Gasteiger partial charge in [-0.2, -0.15) is 65.9 Å². The second-order valence-electron chi connectivity index (χ2n) is 9.76. The number of halogens is 15. The van der Waals surface area contributed by atoms with Crippen LogP contribution in [0.15, 0.2) is 42.5 Å². The molecule has 0 radical (unpaired) electrons. The molecule has 0 spiro atoms. The first-order valence-electron chi connectivity index (χ1n) is 12.9. The molecule has 0 aliphatic carbocycles. The fraction of sp³-hybridized carbons (Fsp3) is 0.556. The van der Waals surface area contributed by atoms with Crippen molar-refractivity contribution in [2.75, 3.05) is 19.8 Å². The zero-order chi connectivity index (χ0) is 36.7. The molecule has 20 heteroatoms. The molecule has 1 aromatic carbocycles. The monoisotopic (exact) mass is 714 g/mol. The van der Waals surface area contributed by atoms with E-state index in [1.165, 1.54) is 31.2 Å². The molecular formula is C27H25F15O5. The maximum Gasteiger partial charge on any atom is 0.460 e. The number of unbranched alkanes of at least 4 members (excludes halogenated alkanes) is 3. The van der Waals surface area contributed by atoms with Crippen LogP contribution in [-0.2, 0) is 19.1 Å². The van der Waals surface area contributed by atoms with Gasteiger partial charge in [0.15, 0.2) is 6.61 Å². The van der Waals surface area contributed by atoms with Crippen LogP contribution < -0.4 is 4.74 Å². The maximum atomic E-state index is 13.8. The van der Waals surface area contributed by atoms with Gasteiger partial charge in [-0.3, -0.25) is 0 Å². The van der Waals surface area contributed by atoms with Crippen LogP contribution >= 0.6 is 0 Å². The lowest BCUT2D eigenvalue weighted by Gasteiger charge is -2.41. The Kier molecular flexibility index (Phi) is 13.3. The van der Waals surface area contributed by atoms with Crippen molar-refractivity contribution in [1.29, 1.82) is 0 Å². The first kappa shape index (κ1) is 41.4. The number of carbonyl (C=O) groups is 2. The van der Waals surface area contributed by atoms with Gasteiger partial charge in [-0.05, 0) is 56.4 Å². The second kappa shape index (κ2) is 15.1. The number of hydrogen-bond acceptors (Lipinski definition) is 5.